The lowest BCUT2D eigenvalue weighted by atomic mass is 9.79. The molecule has 3 heteroatoms. The number of carboxylic acid groups (broad SMARTS) is 1. The van der Waals surface area contributed by atoms with E-state index < -0.39 is 11.4 Å². The molecule has 0 spiro atoms. The van der Waals surface area contributed by atoms with Crippen molar-refractivity contribution >= 4 is 5.97 Å². The Morgan fingerprint density at radius 3 is 2.55 bits per heavy atom. The molecule has 110 valence electrons. The summed E-state index contributed by atoms with van der Waals surface area (Å²) >= 11 is 0. The molecule has 3 nitrogen and oxygen atoms in total. The first-order valence-electron chi connectivity index (χ1n) is 7.26. The highest BCUT2D eigenvalue weighted by atomic mass is 16.5. The predicted molar refractivity (Wildman–Crippen MR) is 79.4 cm³/mol. The highest BCUT2D eigenvalue weighted by Crippen LogP contribution is 2.39. The Morgan fingerprint density at radius 2 is 2.00 bits per heavy atom. The Hall–Kier alpha value is -1.51. The van der Waals surface area contributed by atoms with Gasteiger partial charge in [-0.3, -0.25) is 4.79 Å². The fourth-order valence-corrected chi connectivity index (χ4v) is 2.61. The molecular formula is C17H24O3. The Kier molecular flexibility index (Phi) is 4.07. The molecule has 0 radical (unpaired) electrons. The lowest BCUT2D eigenvalue weighted by Crippen LogP contribution is -2.23. The molecule has 0 unspecified atom stereocenters. The number of aryl methyl sites for hydroxylation is 2. The van der Waals surface area contributed by atoms with Crippen molar-refractivity contribution in [2.45, 2.75) is 52.4 Å². The van der Waals surface area contributed by atoms with Crippen LogP contribution in [0.15, 0.2) is 12.1 Å². The van der Waals surface area contributed by atoms with Gasteiger partial charge in [-0.2, -0.15) is 0 Å². The van der Waals surface area contributed by atoms with Crippen molar-refractivity contribution in [3.8, 4) is 5.75 Å². The molecule has 0 heterocycles. The van der Waals surface area contributed by atoms with Gasteiger partial charge < -0.3 is 9.84 Å². The molecule has 1 aliphatic rings. The van der Waals surface area contributed by atoms with Crippen molar-refractivity contribution < 1.29 is 14.6 Å². The summed E-state index contributed by atoms with van der Waals surface area (Å²) in [5.41, 5.74) is 2.83. The van der Waals surface area contributed by atoms with Crippen LogP contribution in [0.1, 0.15) is 49.8 Å². The van der Waals surface area contributed by atoms with E-state index in [0.29, 0.717) is 5.92 Å². The van der Waals surface area contributed by atoms with Gasteiger partial charge in [-0.05, 0) is 38.2 Å². The molecule has 1 N–H and O–H groups in total. The maximum Gasteiger partial charge on any atom is 0.304 e. The summed E-state index contributed by atoms with van der Waals surface area (Å²) < 4.78 is 6.02. The topological polar surface area (TPSA) is 46.5 Å². The average molecular weight is 276 g/mol. The summed E-state index contributed by atoms with van der Waals surface area (Å²) in [7, 11) is 0. The van der Waals surface area contributed by atoms with Crippen LogP contribution in [0.4, 0.5) is 0 Å². The van der Waals surface area contributed by atoms with Crippen molar-refractivity contribution in [1.29, 1.82) is 0 Å². The zero-order valence-electron chi connectivity index (χ0n) is 12.8. The number of rotatable bonds is 6. The number of carboxylic acids is 1. The zero-order chi connectivity index (χ0) is 14.9. The van der Waals surface area contributed by atoms with Gasteiger partial charge in [-0.25, -0.2) is 0 Å². The van der Waals surface area contributed by atoms with Gasteiger partial charge in [0.05, 0.1) is 13.0 Å². The summed E-state index contributed by atoms with van der Waals surface area (Å²) in [6.45, 7) is 8.77. The smallest absolute Gasteiger partial charge is 0.304 e. The van der Waals surface area contributed by atoms with Crippen LogP contribution in [0.3, 0.4) is 0 Å². The minimum Gasteiger partial charge on any atom is -0.493 e. The van der Waals surface area contributed by atoms with Crippen LogP contribution in [0.5, 0.6) is 5.75 Å². The molecule has 1 saturated carbocycles. The van der Waals surface area contributed by atoms with Crippen LogP contribution >= 0.6 is 0 Å². The minimum absolute atomic E-state index is 0.107. The third-order valence-corrected chi connectivity index (χ3v) is 3.90. The molecule has 0 atom stereocenters. The van der Waals surface area contributed by atoms with Gasteiger partial charge in [0.15, 0.2) is 0 Å². The fourth-order valence-electron chi connectivity index (χ4n) is 2.61. The Morgan fingerprint density at radius 1 is 1.35 bits per heavy atom. The van der Waals surface area contributed by atoms with Gasteiger partial charge in [-0.15, -0.1) is 0 Å². The van der Waals surface area contributed by atoms with E-state index in [-0.39, 0.29) is 6.42 Å². The van der Waals surface area contributed by atoms with Crippen LogP contribution in [-0.2, 0) is 10.2 Å². The minimum atomic E-state index is -0.776. The first-order valence-corrected chi connectivity index (χ1v) is 7.26. The third-order valence-electron chi connectivity index (χ3n) is 3.90. The Labute approximate surface area is 121 Å². The molecular weight excluding hydrogens is 252 g/mol. The van der Waals surface area contributed by atoms with Crippen LogP contribution < -0.4 is 4.74 Å². The van der Waals surface area contributed by atoms with E-state index in [4.69, 9.17) is 9.84 Å². The van der Waals surface area contributed by atoms with Gasteiger partial charge in [0.2, 0.25) is 0 Å². The van der Waals surface area contributed by atoms with Gasteiger partial charge in [0, 0.05) is 11.0 Å². The lowest BCUT2D eigenvalue weighted by Gasteiger charge is -2.27. The zero-order valence-corrected chi connectivity index (χ0v) is 12.8. The molecule has 0 aliphatic heterocycles. The van der Waals surface area contributed by atoms with E-state index in [9.17, 15) is 4.79 Å². The van der Waals surface area contributed by atoms with E-state index in [1.54, 1.807) is 0 Å². The number of carbonyl (C=O) groups is 1. The lowest BCUT2D eigenvalue weighted by molar-refractivity contribution is -0.138. The SMILES string of the molecule is Cc1cc(C)c(OCC2CC2)c(C(C)(C)CC(=O)O)c1. The molecule has 1 aliphatic carbocycles. The first kappa shape index (κ1) is 14.9. The first-order chi connectivity index (χ1) is 9.29. The van der Waals surface area contributed by atoms with Crippen molar-refractivity contribution in [3.05, 3.63) is 28.8 Å². The summed E-state index contributed by atoms with van der Waals surface area (Å²) in [5, 5.41) is 9.13. The Bertz CT molecular complexity index is 513. The maximum atomic E-state index is 11.1. The van der Waals surface area contributed by atoms with Crippen LogP contribution in [0.25, 0.3) is 0 Å². The summed E-state index contributed by atoms with van der Waals surface area (Å²) in [6, 6.07) is 4.17. The number of benzene rings is 1. The highest BCUT2D eigenvalue weighted by Gasteiger charge is 2.30. The second kappa shape index (κ2) is 5.47. The van der Waals surface area contributed by atoms with E-state index in [1.807, 2.05) is 27.7 Å². The van der Waals surface area contributed by atoms with Crippen molar-refractivity contribution in [2.75, 3.05) is 6.61 Å². The van der Waals surface area contributed by atoms with E-state index in [0.717, 1.165) is 29.0 Å². The Balaban J connectivity index is 2.34. The monoisotopic (exact) mass is 276 g/mol. The van der Waals surface area contributed by atoms with E-state index in [1.165, 1.54) is 12.8 Å². The van der Waals surface area contributed by atoms with E-state index in [2.05, 4.69) is 12.1 Å². The van der Waals surface area contributed by atoms with Crippen molar-refractivity contribution in [2.24, 2.45) is 5.92 Å². The molecule has 0 saturated heterocycles. The number of aliphatic carboxylic acids is 1. The second-order valence-electron chi connectivity index (χ2n) is 6.67. The summed E-state index contributed by atoms with van der Waals surface area (Å²) in [5.74, 6) is 0.794. The van der Waals surface area contributed by atoms with Crippen LogP contribution in [0.2, 0.25) is 0 Å². The number of hydrogen-bond donors (Lipinski definition) is 1. The molecule has 1 aromatic rings. The van der Waals surface area contributed by atoms with Crippen molar-refractivity contribution in [3.63, 3.8) is 0 Å². The normalized spacial score (nSPS) is 15.2. The number of ether oxygens (including phenoxy) is 1. The number of hydrogen-bond acceptors (Lipinski definition) is 2. The van der Waals surface area contributed by atoms with Crippen LogP contribution in [0, 0.1) is 19.8 Å². The van der Waals surface area contributed by atoms with Gasteiger partial charge in [-0.1, -0.05) is 31.5 Å². The van der Waals surface area contributed by atoms with E-state index >= 15 is 0 Å². The highest BCUT2D eigenvalue weighted by molar-refractivity contribution is 5.69. The molecule has 2 rings (SSSR count). The molecule has 0 aromatic heterocycles. The van der Waals surface area contributed by atoms with Gasteiger partial charge in [0.25, 0.3) is 0 Å². The second-order valence-corrected chi connectivity index (χ2v) is 6.67. The summed E-state index contributed by atoms with van der Waals surface area (Å²) in [6.07, 6.45) is 2.60. The molecule has 1 aromatic carbocycles. The molecule has 0 bridgehead atoms. The van der Waals surface area contributed by atoms with Crippen molar-refractivity contribution in [1.82, 2.24) is 0 Å². The van der Waals surface area contributed by atoms with Gasteiger partial charge in [0.1, 0.15) is 5.75 Å². The van der Waals surface area contributed by atoms with Gasteiger partial charge >= 0.3 is 5.97 Å². The summed E-state index contributed by atoms with van der Waals surface area (Å²) in [4.78, 5) is 11.1. The third kappa shape index (κ3) is 3.53. The predicted octanol–water partition coefficient (Wildman–Crippen LogP) is 3.84. The maximum absolute atomic E-state index is 11.1. The molecule has 1 fully saturated rings. The largest absolute Gasteiger partial charge is 0.493 e. The van der Waals surface area contributed by atoms with Crippen LogP contribution in [-0.4, -0.2) is 17.7 Å². The standard InChI is InChI=1S/C17H24O3/c1-11-7-12(2)16(20-10-13-5-6-13)14(8-11)17(3,4)9-15(18)19/h7-8,13H,5-6,9-10H2,1-4H3,(H,18,19). The molecule has 0 amide bonds. The average Bonchev–Trinajstić information content (AvgIpc) is 3.09. The fraction of sp³-hybridized carbons (Fsp3) is 0.588. The molecule has 20 heavy (non-hydrogen) atoms. The quantitative estimate of drug-likeness (QED) is 0.858.